The Morgan fingerprint density at radius 2 is 1.89 bits per heavy atom. The Bertz CT molecular complexity index is 1070. The average Bonchev–Trinajstić information content (AvgIpc) is 2.69. The third-order valence-corrected chi connectivity index (χ3v) is 5.82. The van der Waals surface area contributed by atoms with Gasteiger partial charge in [-0.15, -0.1) is 0 Å². The molecule has 2 atom stereocenters. The predicted molar refractivity (Wildman–Crippen MR) is 105 cm³/mol. The lowest BCUT2D eigenvalue weighted by Gasteiger charge is -2.34. The zero-order chi connectivity index (χ0) is 19.8. The van der Waals surface area contributed by atoms with E-state index in [1.54, 1.807) is 12.1 Å². The maximum Gasteiger partial charge on any atom is 0.205 e. The highest BCUT2D eigenvalue weighted by molar-refractivity contribution is 9.10. The number of nitrogens with two attached hydrogens (primary N) is 1. The summed E-state index contributed by atoms with van der Waals surface area (Å²) in [5.41, 5.74) is 8.31. The number of allylic oxidation sites excluding steroid dienone is 3. The topological polar surface area (TPSA) is 76.1 Å². The number of nitriles is 1. The van der Waals surface area contributed by atoms with Crippen molar-refractivity contribution in [1.82, 2.24) is 0 Å². The Morgan fingerprint density at radius 3 is 2.57 bits per heavy atom. The predicted octanol–water partition coefficient (Wildman–Crippen LogP) is 4.80. The lowest BCUT2D eigenvalue weighted by Crippen LogP contribution is -2.29. The molecule has 2 unspecified atom stereocenters. The van der Waals surface area contributed by atoms with E-state index in [4.69, 9.17) is 10.5 Å². The van der Waals surface area contributed by atoms with Crippen molar-refractivity contribution in [3.63, 3.8) is 0 Å². The second-order valence-electron chi connectivity index (χ2n) is 6.87. The van der Waals surface area contributed by atoms with Gasteiger partial charge in [-0.2, -0.15) is 5.26 Å². The van der Waals surface area contributed by atoms with Crippen LogP contribution in [0, 0.1) is 17.1 Å². The molecule has 6 heteroatoms. The molecule has 4 nitrogen and oxygen atoms in total. The van der Waals surface area contributed by atoms with Crippen LogP contribution in [0.1, 0.15) is 35.8 Å². The summed E-state index contributed by atoms with van der Waals surface area (Å²) in [6.45, 7) is 0. The van der Waals surface area contributed by atoms with Crippen molar-refractivity contribution in [3.05, 3.63) is 92.7 Å². The number of rotatable bonds is 2. The second kappa shape index (κ2) is 7.25. The smallest absolute Gasteiger partial charge is 0.205 e. The molecule has 0 spiro atoms. The molecular formula is C22H16BrFN2O2. The molecule has 0 radical (unpaired) electrons. The standard InChI is InChI=1S/C22H16BrFN2O2/c23-16-8-13(6-7-17(16)24)20-15(11-25)22(26)28-19-10-14(9-18(27)21(19)20)12-4-2-1-3-5-12/h1-8,14,20H,9-10,26H2. The van der Waals surface area contributed by atoms with Gasteiger partial charge in [0.2, 0.25) is 5.88 Å². The first-order valence-electron chi connectivity index (χ1n) is 8.83. The van der Waals surface area contributed by atoms with Gasteiger partial charge in [0.25, 0.3) is 0 Å². The maximum atomic E-state index is 13.7. The molecule has 0 saturated heterocycles. The molecular weight excluding hydrogens is 423 g/mol. The van der Waals surface area contributed by atoms with Crippen molar-refractivity contribution >= 4 is 21.7 Å². The van der Waals surface area contributed by atoms with Crippen LogP contribution in [0.15, 0.2) is 75.8 Å². The summed E-state index contributed by atoms with van der Waals surface area (Å²) >= 11 is 3.18. The highest BCUT2D eigenvalue weighted by Crippen LogP contribution is 2.47. The third kappa shape index (κ3) is 3.12. The van der Waals surface area contributed by atoms with Gasteiger partial charge in [-0.05, 0) is 45.1 Å². The third-order valence-electron chi connectivity index (χ3n) is 5.21. The van der Waals surface area contributed by atoms with E-state index in [2.05, 4.69) is 22.0 Å². The minimum Gasteiger partial charge on any atom is -0.444 e. The molecule has 0 amide bonds. The minimum atomic E-state index is -0.658. The van der Waals surface area contributed by atoms with Crippen LogP contribution in [0.5, 0.6) is 0 Å². The summed E-state index contributed by atoms with van der Waals surface area (Å²) < 4.78 is 19.7. The summed E-state index contributed by atoms with van der Waals surface area (Å²) in [5, 5.41) is 9.64. The van der Waals surface area contributed by atoms with Crippen molar-refractivity contribution in [2.75, 3.05) is 0 Å². The van der Waals surface area contributed by atoms with E-state index in [-0.39, 0.29) is 27.6 Å². The Kier molecular flexibility index (Phi) is 4.78. The molecule has 0 saturated carbocycles. The van der Waals surface area contributed by atoms with Gasteiger partial charge in [0.05, 0.1) is 10.4 Å². The number of nitrogens with zero attached hydrogens (tertiary/aromatic N) is 1. The number of carbonyl (C=O) groups excluding carboxylic acids is 1. The SMILES string of the molecule is N#CC1=C(N)OC2=C(C(=O)CC(c3ccccc3)C2)C1c1ccc(F)c(Br)c1. The van der Waals surface area contributed by atoms with Crippen molar-refractivity contribution in [3.8, 4) is 6.07 Å². The van der Waals surface area contributed by atoms with Gasteiger partial charge in [-0.1, -0.05) is 36.4 Å². The first kappa shape index (κ1) is 18.5. The molecule has 1 aliphatic carbocycles. The number of hydrogen-bond donors (Lipinski definition) is 1. The molecule has 0 bridgehead atoms. The Hall–Kier alpha value is -2.91. The van der Waals surface area contributed by atoms with Gasteiger partial charge >= 0.3 is 0 Å². The van der Waals surface area contributed by atoms with Crippen molar-refractivity contribution in [1.29, 1.82) is 5.26 Å². The first-order valence-corrected chi connectivity index (χ1v) is 9.62. The fraction of sp³-hybridized carbons (Fsp3) is 0.182. The fourth-order valence-corrected chi connectivity index (χ4v) is 4.29. The van der Waals surface area contributed by atoms with E-state index in [0.29, 0.717) is 29.7 Å². The van der Waals surface area contributed by atoms with Gasteiger partial charge in [0.1, 0.15) is 23.2 Å². The van der Waals surface area contributed by atoms with Crippen LogP contribution < -0.4 is 5.73 Å². The number of halogens is 2. The Labute approximate surface area is 170 Å². The highest BCUT2D eigenvalue weighted by atomic mass is 79.9. The number of ketones is 1. The van der Waals surface area contributed by atoms with Crippen molar-refractivity contribution < 1.29 is 13.9 Å². The lowest BCUT2D eigenvalue weighted by atomic mass is 9.73. The molecule has 28 heavy (non-hydrogen) atoms. The fourth-order valence-electron chi connectivity index (χ4n) is 3.89. The average molecular weight is 439 g/mol. The zero-order valence-corrected chi connectivity index (χ0v) is 16.4. The number of carbonyl (C=O) groups is 1. The summed E-state index contributed by atoms with van der Waals surface area (Å²) in [6.07, 6.45) is 0.840. The maximum absolute atomic E-state index is 13.7. The number of Topliss-reactive ketones (excluding diaryl/α,β-unsaturated/α-hetero) is 1. The van der Waals surface area contributed by atoms with Crippen molar-refractivity contribution in [2.45, 2.75) is 24.7 Å². The number of ether oxygens (including phenoxy) is 1. The van der Waals surface area contributed by atoms with Gasteiger partial charge in [-0.25, -0.2) is 4.39 Å². The molecule has 0 fully saturated rings. The van der Waals surface area contributed by atoms with Crippen LogP contribution in [0.25, 0.3) is 0 Å². The number of hydrogen-bond acceptors (Lipinski definition) is 4. The zero-order valence-electron chi connectivity index (χ0n) is 14.8. The van der Waals surface area contributed by atoms with E-state index in [1.807, 2.05) is 30.3 Å². The molecule has 4 rings (SSSR count). The largest absolute Gasteiger partial charge is 0.444 e. The molecule has 2 aliphatic rings. The van der Waals surface area contributed by atoms with Gasteiger partial charge in [0, 0.05) is 18.4 Å². The monoisotopic (exact) mass is 438 g/mol. The van der Waals surface area contributed by atoms with Crippen LogP contribution in [-0.4, -0.2) is 5.78 Å². The van der Waals surface area contributed by atoms with E-state index >= 15 is 0 Å². The molecule has 2 aromatic carbocycles. The Balaban J connectivity index is 1.81. The van der Waals surface area contributed by atoms with E-state index in [0.717, 1.165) is 5.56 Å². The molecule has 2 aromatic rings. The van der Waals surface area contributed by atoms with Crippen LogP contribution >= 0.6 is 15.9 Å². The molecule has 140 valence electrons. The quantitative estimate of drug-likeness (QED) is 0.730. The number of benzene rings is 2. The lowest BCUT2D eigenvalue weighted by molar-refractivity contribution is -0.117. The summed E-state index contributed by atoms with van der Waals surface area (Å²) in [6, 6.07) is 16.3. The van der Waals surface area contributed by atoms with E-state index in [1.165, 1.54) is 6.07 Å². The Morgan fingerprint density at radius 1 is 1.14 bits per heavy atom. The molecule has 0 aromatic heterocycles. The van der Waals surface area contributed by atoms with Crippen LogP contribution in [0.2, 0.25) is 0 Å². The second-order valence-corrected chi connectivity index (χ2v) is 7.73. The van der Waals surface area contributed by atoms with Crippen LogP contribution in [-0.2, 0) is 9.53 Å². The minimum absolute atomic E-state index is 0.00629. The summed E-state index contributed by atoms with van der Waals surface area (Å²) in [5.74, 6) is -0.681. The van der Waals surface area contributed by atoms with E-state index < -0.39 is 11.7 Å². The molecule has 1 heterocycles. The summed E-state index contributed by atoms with van der Waals surface area (Å²) in [4.78, 5) is 13.1. The molecule has 1 aliphatic heterocycles. The highest BCUT2D eigenvalue weighted by Gasteiger charge is 2.41. The van der Waals surface area contributed by atoms with Crippen molar-refractivity contribution in [2.24, 2.45) is 5.73 Å². The van der Waals surface area contributed by atoms with Gasteiger partial charge in [-0.3, -0.25) is 4.79 Å². The van der Waals surface area contributed by atoms with Gasteiger partial charge in [0.15, 0.2) is 5.78 Å². The first-order chi connectivity index (χ1) is 13.5. The van der Waals surface area contributed by atoms with E-state index in [9.17, 15) is 14.4 Å². The normalized spacial score (nSPS) is 21.8. The summed E-state index contributed by atoms with van der Waals surface area (Å²) in [7, 11) is 0. The van der Waals surface area contributed by atoms with Crippen LogP contribution in [0.3, 0.4) is 0 Å². The van der Waals surface area contributed by atoms with Gasteiger partial charge < -0.3 is 10.5 Å². The van der Waals surface area contributed by atoms with Crippen LogP contribution in [0.4, 0.5) is 4.39 Å². The molecule has 2 N–H and O–H groups in total.